The normalized spacial score (nSPS) is 19.7. The monoisotopic (exact) mass is 377 g/mol. The Labute approximate surface area is 145 Å². The average molecular weight is 377 g/mol. The molecule has 1 aromatic rings. The van der Waals surface area contributed by atoms with Crippen molar-refractivity contribution in [2.45, 2.75) is 31.0 Å². The molecule has 0 radical (unpaired) electrons. The fraction of sp³-hybridized carbons (Fsp3) is 0.438. The summed E-state index contributed by atoms with van der Waals surface area (Å²) in [7, 11) is 0. The third-order valence-corrected chi connectivity index (χ3v) is 3.89. The first-order valence-corrected chi connectivity index (χ1v) is 7.64. The molecule has 1 atom stereocenters. The van der Waals surface area contributed by atoms with Gasteiger partial charge in [-0.15, -0.1) is 0 Å². The van der Waals surface area contributed by atoms with Crippen LogP contribution in [-0.2, 0) is 22.2 Å². The molecule has 1 aliphatic heterocycles. The number of pyridine rings is 1. The van der Waals surface area contributed by atoms with Crippen molar-refractivity contribution in [1.29, 1.82) is 0 Å². The van der Waals surface area contributed by atoms with Gasteiger partial charge < -0.3 is 10.2 Å². The van der Waals surface area contributed by atoms with Crippen LogP contribution in [0.2, 0.25) is 0 Å². The van der Waals surface area contributed by atoms with Crippen molar-refractivity contribution in [2.75, 3.05) is 13.1 Å². The predicted octanol–water partition coefficient (Wildman–Crippen LogP) is 2.18. The lowest BCUT2D eigenvalue weighted by Gasteiger charge is -2.38. The van der Waals surface area contributed by atoms with Crippen molar-refractivity contribution in [1.82, 2.24) is 15.2 Å². The van der Waals surface area contributed by atoms with E-state index in [2.05, 4.69) is 16.9 Å². The second-order valence-electron chi connectivity index (χ2n) is 5.81. The summed E-state index contributed by atoms with van der Waals surface area (Å²) in [6.07, 6.45) is -4.92. The summed E-state index contributed by atoms with van der Waals surface area (Å²) in [5.74, 6) is -4.69. The van der Waals surface area contributed by atoms with Crippen LogP contribution in [0.25, 0.3) is 0 Å². The number of nitrogens with zero attached hydrogens (tertiary/aromatic N) is 2. The van der Waals surface area contributed by atoms with E-state index in [4.69, 9.17) is 0 Å². The number of carbonyl (C=O) groups is 2. The number of amides is 2. The van der Waals surface area contributed by atoms with Crippen LogP contribution >= 0.6 is 0 Å². The number of alkyl halides is 5. The Kier molecular flexibility index (Phi) is 5.62. The van der Waals surface area contributed by atoms with E-state index in [9.17, 15) is 31.5 Å². The van der Waals surface area contributed by atoms with Crippen molar-refractivity contribution in [2.24, 2.45) is 0 Å². The van der Waals surface area contributed by atoms with Gasteiger partial charge in [-0.25, -0.2) is 13.8 Å². The van der Waals surface area contributed by atoms with Gasteiger partial charge in [-0.2, -0.15) is 13.2 Å². The van der Waals surface area contributed by atoms with Crippen molar-refractivity contribution < 1.29 is 31.5 Å². The first-order chi connectivity index (χ1) is 12.0. The number of aromatic nitrogens is 1. The maximum absolute atomic E-state index is 14.0. The highest BCUT2D eigenvalue weighted by atomic mass is 19.4. The summed E-state index contributed by atoms with van der Waals surface area (Å²) >= 11 is 0. The highest BCUT2D eigenvalue weighted by Gasteiger charge is 2.45. The van der Waals surface area contributed by atoms with E-state index < -0.39 is 55.0 Å². The molecule has 1 aromatic heterocycles. The van der Waals surface area contributed by atoms with Crippen LogP contribution < -0.4 is 5.32 Å². The molecule has 10 heteroatoms. The van der Waals surface area contributed by atoms with E-state index in [1.807, 2.05) is 0 Å². The number of piperidine rings is 1. The summed E-state index contributed by atoms with van der Waals surface area (Å²) < 4.78 is 65.8. The minimum absolute atomic E-state index is 0.181. The highest BCUT2D eigenvalue weighted by molar-refractivity contribution is 5.87. The number of hydrogen-bond acceptors (Lipinski definition) is 3. The molecule has 0 aromatic carbocycles. The lowest BCUT2D eigenvalue weighted by Crippen LogP contribution is -2.59. The number of hydrogen-bond donors (Lipinski definition) is 1. The third-order valence-electron chi connectivity index (χ3n) is 3.89. The van der Waals surface area contributed by atoms with Gasteiger partial charge in [0, 0.05) is 19.5 Å². The van der Waals surface area contributed by atoms with Gasteiger partial charge in [-0.1, -0.05) is 12.6 Å². The molecule has 1 N–H and O–H groups in total. The quantitative estimate of drug-likeness (QED) is 0.646. The largest absolute Gasteiger partial charge is 0.433 e. The minimum Gasteiger partial charge on any atom is -0.345 e. The fourth-order valence-corrected chi connectivity index (χ4v) is 2.53. The van der Waals surface area contributed by atoms with Crippen LogP contribution in [-0.4, -0.2) is 46.8 Å². The van der Waals surface area contributed by atoms with Crippen LogP contribution in [0, 0.1) is 0 Å². The van der Waals surface area contributed by atoms with E-state index in [0.29, 0.717) is 0 Å². The van der Waals surface area contributed by atoms with Crippen molar-refractivity contribution in [3.8, 4) is 0 Å². The second-order valence-corrected chi connectivity index (χ2v) is 5.81. The van der Waals surface area contributed by atoms with Gasteiger partial charge in [0.25, 0.3) is 5.92 Å². The van der Waals surface area contributed by atoms with Gasteiger partial charge in [0.05, 0.1) is 12.1 Å². The minimum atomic E-state index is -4.67. The van der Waals surface area contributed by atoms with Gasteiger partial charge >= 0.3 is 6.18 Å². The number of carbonyl (C=O) groups excluding carboxylic acids is 2. The third kappa shape index (κ3) is 4.77. The van der Waals surface area contributed by atoms with Gasteiger partial charge in [-0.05, 0) is 18.2 Å². The maximum Gasteiger partial charge on any atom is 0.433 e. The standard InChI is InChI=1S/C16H16F5N3O2/c1-2-14(26)24-7-6-15(17,18)12(9-24)23-13(25)8-10-4-3-5-11(22-10)16(19,20)21/h2-5,12H,1,6-9H2,(H,23,25)/t12-/m1/s1. The molecule has 2 heterocycles. The van der Waals surface area contributed by atoms with Gasteiger partial charge in [-0.3, -0.25) is 9.59 Å². The van der Waals surface area contributed by atoms with E-state index in [0.717, 1.165) is 23.1 Å². The fourth-order valence-electron chi connectivity index (χ4n) is 2.53. The molecular weight excluding hydrogens is 361 g/mol. The van der Waals surface area contributed by atoms with Crippen LogP contribution in [0.1, 0.15) is 17.8 Å². The Morgan fingerprint density at radius 2 is 2.08 bits per heavy atom. The van der Waals surface area contributed by atoms with E-state index >= 15 is 0 Å². The highest BCUT2D eigenvalue weighted by Crippen LogP contribution is 2.29. The zero-order valence-corrected chi connectivity index (χ0v) is 13.5. The molecule has 142 valence electrons. The Hall–Kier alpha value is -2.52. The molecular formula is C16H16F5N3O2. The summed E-state index contributed by atoms with van der Waals surface area (Å²) in [6.45, 7) is 2.68. The molecule has 0 spiro atoms. The Morgan fingerprint density at radius 3 is 2.69 bits per heavy atom. The Morgan fingerprint density at radius 1 is 1.38 bits per heavy atom. The average Bonchev–Trinajstić information content (AvgIpc) is 2.55. The van der Waals surface area contributed by atoms with E-state index in [1.54, 1.807) is 0 Å². The Bertz CT molecular complexity index is 705. The smallest absolute Gasteiger partial charge is 0.345 e. The van der Waals surface area contributed by atoms with E-state index in [1.165, 1.54) is 6.07 Å². The zero-order chi connectivity index (χ0) is 19.5. The zero-order valence-electron chi connectivity index (χ0n) is 13.5. The molecule has 2 rings (SSSR count). The maximum atomic E-state index is 14.0. The van der Waals surface area contributed by atoms with Gasteiger partial charge in [0.2, 0.25) is 11.8 Å². The number of rotatable bonds is 4. The van der Waals surface area contributed by atoms with Crippen molar-refractivity contribution >= 4 is 11.8 Å². The topological polar surface area (TPSA) is 62.3 Å². The molecule has 5 nitrogen and oxygen atoms in total. The molecule has 1 saturated heterocycles. The predicted molar refractivity (Wildman–Crippen MR) is 81.2 cm³/mol. The summed E-state index contributed by atoms with van der Waals surface area (Å²) in [5, 5.41) is 2.09. The number of halogens is 5. The number of nitrogens with one attached hydrogen (secondary N) is 1. The molecule has 0 aliphatic carbocycles. The van der Waals surface area contributed by atoms with Gasteiger partial charge in [0.1, 0.15) is 11.7 Å². The second kappa shape index (κ2) is 7.38. The van der Waals surface area contributed by atoms with Crippen LogP contribution in [0.4, 0.5) is 22.0 Å². The first-order valence-electron chi connectivity index (χ1n) is 7.64. The molecule has 1 fully saturated rings. The van der Waals surface area contributed by atoms with Crippen LogP contribution in [0.5, 0.6) is 0 Å². The van der Waals surface area contributed by atoms with Gasteiger partial charge in [0.15, 0.2) is 0 Å². The molecule has 26 heavy (non-hydrogen) atoms. The lowest BCUT2D eigenvalue weighted by atomic mass is 10.0. The van der Waals surface area contributed by atoms with Crippen molar-refractivity contribution in [3.05, 3.63) is 42.2 Å². The number of likely N-dealkylation sites (tertiary alicyclic amines) is 1. The molecule has 1 aliphatic rings. The summed E-state index contributed by atoms with van der Waals surface area (Å²) in [6, 6.07) is 1.38. The lowest BCUT2D eigenvalue weighted by molar-refractivity contribution is -0.141. The van der Waals surface area contributed by atoms with Crippen LogP contribution in [0.15, 0.2) is 30.9 Å². The molecule has 0 unspecified atom stereocenters. The van der Waals surface area contributed by atoms with E-state index in [-0.39, 0.29) is 12.2 Å². The molecule has 0 bridgehead atoms. The molecule has 0 saturated carbocycles. The first kappa shape index (κ1) is 19.8. The van der Waals surface area contributed by atoms with Crippen LogP contribution in [0.3, 0.4) is 0 Å². The Balaban J connectivity index is 2.06. The SMILES string of the molecule is C=CC(=O)N1CCC(F)(F)[C@H](NC(=O)Cc2cccc(C(F)(F)F)n2)C1. The molecule has 2 amide bonds. The summed E-state index contributed by atoms with van der Waals surface area (Å²) in [4.78, 5) is 28.0. The summed E-state index contributed by atoms with van der Waals surface area (Å²) in [5.41, 5.74) is -1.37. The van der Waals surface area contributed by atoms with Crippen molar-refractivity contribution in [3.63, 3.8) is 0 Å².